The monoisotopic (exact) mass is 408 g/mol. The second-order valence-corrected chi connectivity index (χ2v) is 10.4. The Morgan fingerprint density at radius 2 is 1.79 bits per heavy atom. The van der Waals surface area contributed by atoms with Crippen molar-refractivity contribution in [3.05, 3.63) is 29.8 Å². The minimum Gasteiger partial charge on any atom is -0.373 e. The van der Waals surface area contributed by atoms with Crippen molar-refractivity contribution in [2.45, 2.75) is 70.1 Å². The predicted molar refractivity (Wildman–Crippen MR) is 109 cm³/mol. The standard InChI is InChI=1S/C21H32N2O4S/c1-14-7-5-10-20(17(14)4)22-21(24)18-8-6-9-19(11-18)28(25,26)23-12-15(2)27-16(3)13-23/h6,8-9,11,14-17,20H,5,7,10,12-13H2,1-4H3,(H,22,24)/t14-,15-,16+,17+,20-/m1/s1. The van der Waals surface area contributed by atoms with Crippen molar-refractivity contribution in [1.29, 1.82) is 0 Å². The van der Waals surface area contributed by atoms with Crippen molar-refractivity contribution in [3.63, 3.8) is 0 Å². The van der Waals surface area contributed by atoms with Gasteiger partial charge in [-0.05, 0) is 50.3 Å². The SMILES string of the molecule is C[C@H]1[C@H](C)CCC[C@H]1NC(=O)c1cccc(S(=O)(=O)N2C[C@@H](C)O[C@@H](C)C2)c1. The van der Waals surface area contributed by atoms with Crippen molar-refractivity contribution in [2.75, 3.05) is 13.1 Å². The Labute approximate surface area is 168 Å². The molecular weight excluding hydrogens is 376 g/mol. The number of sulfonamides is 1. The molecule has 2 fully saturated rings. The van der Waals surface area contributed by atoms with E-state index in [0.717, 1.165) is 12.8 Å². The third-order valence-corrected chi connectivity index (χ3v) is 7.97. The molecule has 3 rings (SSSR count). The van der Waals surface area contributed by atoms with E-state index in [1.165, 1.54) is 16.8 Å². The van der Waals surface area contributed by atoms with Gasteiger partial charge in [0.15, 0.2) is 0 Å². The average Bonchev–Trinajstić information content (AvgIpc) is 2.64. The van der Waals surface area contributed by atoms with Crippen LogP contribution in [-0.2, 0) is 14.8 Å². The molecule has 1 heterocycles. The van der Waals surface area contributed by atoms with E-state index in [-0.39, 0.29) is 29.1 Å². The zero-order valence-corrected chi connectivity index (χ0v) is 18.0. The number of hydrogen-bond donors (Lipinski definition) is 1. The van der Waals surface area contributed by atoms with Crippen molar-refractivity contribution >= 4 is 15.9 Å². The molecule has 1 saturated heterocycles. The first-order chi connectivity index (χ1) is 13.2. The van der Waals surface area contributed by atoms with Gasteiger partial charge < -0.3 is 10.1 Å². The maximum absolute atomic E-state index is 13.1. The number of benzene rings is 1. The number of morpholine rings is 1. The fourth-order valence-electron chi connectivity index (χ4n) is 4.31. The van der Waals surface area contributed by atoms with Crippen molar-refractivity contribution in [2.24, 2.45) is 11.8 Å². The van der Waals surface area contributed by atoms with Gasteiger partial charge in [-0.3, -0.25) is 4.79 Å². The number of amides is 1. The van der Waals surface area contributed by atoms with Gasteiger partial charge in [-0.25, -0.2) is 8.42 Å². The molecule has 7 heteroatoms. The predicted octanol–water partition coefficient (Wildman–Crippen LogP) is 3.04. The summed E-state index contributed by atoms with van der Waals surface area (Å²) >= 11 is 0. The van der Waals surface area contributed by atoms with E-state index in [4.69, 9.17) is 4.74 Å². The first kappa shape index (κ1) is 21.3. The minimum absolute atomic E-state index is 0.137. The number of carbonyl (C=O) groups is 1. The fraction of sp³-hybridized carbons (Fsp3) is 0.667. The van der Waals surface area contributed by atoms with Crippen LogP contribution in [0.4, 0.5) is 0 Å². The molecule has 1 aliphatic heterocycles. The molecule has 0 spiro atoms. The Morgan fingerprint density at radius 1 is 1.11 bits per heavy atom. The van der Waals surface area contributed by atoms with E-state index < -0.39 is 10.0 Å². The lowest BCUT2D eigenvalue weighted by Gasteiger charge is -2.35. The van der Waals surface area contributed by atoms with Gasteiger partial charge in [0, 0.05) is 24.7 Å². The van der Waals surface area contributed by atoms with Crippen LogP contribution in [0.3, 0.4) is 0 Å². The Kier molecular flexibility index (Phi) is 6.47. The molecule has 1 aliphatic carbocycles. The highest BCUT2D eigenvalue weighted by atomic mass is 32.2. The lowest BCUT2D eigenvalue weighted by Crippen LogP contribution is -2.48. The number of hydrogen-bond acceptors (Lipinski definition) is 4. The Balaban J connectivity index is 1.77. The summed E-state index contributed by atoms with van der Waals surface area (Å²) in [6.07, 6.45) is 2.97. The molecule has 1 N–H and O–H groups in total. The van der Waals surface area contributed by atoms with Crippen molar-refractivity contribution < 1.29 is 17.9 Å². The third-order valence-electron chi connectivity index (χ3n) is 6.14. The van der Waals surface area contributed by atoms with Crippen molar-refractivity contribution in [3.8, 4) is 0 Å². The van der Waals surface area contributed by atoms with Crippen LogP contribution in [-0.4, -0.2) is 50.0 Å². The van der Waals surface area contributed by atoms with Gasteiger partial charge in [0.2, 0.25) is 10.0 Å². The van der Waals surface area contributed by atoms with Gasteiger partial charge in [0.1, 0.15) is 0 Å². The molecule has 2 aliphatic rings. The highest BCUT2D eigenvalue weighted by Gasteiger charge is 2.33. The molecule has 156 valence electrons. The van der Waals surface area contributed by atoms with Gasteiger partial charge in [-0.1, -0.05) is 32.8 Å². The fourth-order valence-corrected chi connectivity index (χ4v) is 5.95. The number of ether oxygens (including phenoxy) is 1. The summed E-state index contributed by atoms with van der Waals surface area (Å²) < 4.78 is 33.2. The highest BCUT2D eigenvalue weighted by molar-refractivity contribution is 7.89. The Morgan fingerprint density at radius 3 is 2.46 bits per heavy atom. The molecular formula is C21H32N2O4S. The number of carbonyl (C=O) groups excluding carboxylic acids is 1. The van der Waals surface area contributed by atoms with Crippen LogP contribution in [0.2, 0.25) is 0 Å². The topological polar surface area (TPSA) is 75.7 Å². The Bertz CT molecular complexity index is 800. The van der Waals surface area contributed by atoms with E-state index in [0.29, 0.717) is 30.5 Å². The number of rotatable bonds is 4. The van der Waals surface area contributed by atoms with Crippen LogP contribution in [0.5, 0.6) is 0 Å². The molecule has 1 aromatic rings. The van der Waals surface area contributed by atoms with Crippen LogP contribution in [0.25, 0.3) is 0 Å². The summed E-state index contributed by atoms with van der Waals surface area (Å²) in [6.45, 7) is 8.78. The molecule has 0 radical (unpaired) electrons. The maximum Gasteiger partial charge on any atom is 0.251 e. The van der Waals surface area contributed by atoms with Gasteiger partial charge in [-0.15, -0.1) is 0 Å². The second kappa shape index (κ2) is 8.51. The van der Waals surface area contributed by atoms with Gasteiger partial charge >= 0.3 is 0 Å². The van der Waals surface area contributed by atoms with E-state index in [9.17, 15) is 13.2 Å². The molecule has 28 heavy (non-hydrogen) atoms. The summed E-state index contributed by atoms with van der Waals surface area (Å²) in [5.74, 6) is 0.795. The van der Waals surface area contributed by atoms with Gasteiger partial charge in [0.05, 0.1) is 17.1 Å². The molecule has 0 unspecified atom stereocenters. The normalized spacial score (nSPS) is 32.1. The Hall–Kier alpha value is -1.44. The molecule has 5 atom stereocenters. The van der Waals surface area contributed by atoms with E-state index in [2.05, 4.69) is 19.2 Å². The summed E-state index contributed by atoms with van der Waals surface area (Å²) in [5, 5.41) is 3.12. The molecule has 0 aromatic heterocycles. The zero-order chi connectivity index (χ0) is 20.5. The van der Waals surface area contributed by atoms with E-state index >= 15 is 0 Å². The third kappa shape index (κ3) is 4.58. The lowest BCUT2D eigenvalue weighted by molar-refractivity contribution is -0.0440. The minimum atomic E-state index is -3.66. The number of nitrogens with one attached hydrogen (secondary N) is 1. The maximum atomic E-state index is 13.1. The summed E-state index contributed by atoms with van der Waals surface area (Å²) in [7, 11) is -3.66. The lowest BCUT2D eigenvalue weighted by atomic mass is 9.78. The quantitative estimate of drug-likeness (QED) is 0.831. The van der Waals surface area contributed by atoms with E-state index in [1.807, 2.05) is 13.8 Å². The van der Waals surface area contributed by atoms with Crippen LogP contribution >= 0.6 is 0 Å². The molecule has 1 saturated carbocycles. The smallest absolute Gasteiger partial charge is 0.251 e. The molecule has 0 bridgehead atoms. The van der Waals surface area contributed by atoms with Gasteiger partial charge in [-0.2, -0.15) is 4.31 Å². The van der Waals surface area contributed by atoms with Crippen molar-refractivity contribution in [1.82, 2.24) is 9.62 Å². The summed E-state index contributed by atoms with van der Waals surface area (Å²) in [6, 6.07) is 6.50. The number of nitrogens with zero attached hydrogens (tertiary/aromatic N) is 1. The summed E-state index contributed by atoms with van der Waals surface area (Å²) in [4.78, 5) is 12.9. The van der Waals surface area contributed by atoms with Crippen LogP contribution in [0.15, 0.2) is 29.2 Å². The molecule has 1 aromatic carbocycles. The summed E-state index contributed by atoms with van der Waals surface area (Å²) in [5.41, 5.74) is 0.390. The highest BCUT2D eigenvalue weighted by Crippen LogP contribution is 2.30. The van der Waals surface area contributed by atoms with Crippen LogP contribution < -0.4 is 5.32 Å². The van der Waals surface area contributed by atoms with Gasteiger partial charge in [0.25, 0.3) is 5.91 Å². The first-order valence-electron chi connectivity index (χ1n) is 10.2. The van der Waals surface area contributed by atoms with E-state index in [1.54, 1.807) is 18.2 Å². The second-order valence-electron chi connectivity index (χ2n) is 8.45. The molecule has 6 nitrogen and oxygen atoms in total. The molecule has 1 amide bonds. The average molecular weight is 409 g/mol. The largest absolute Gasteiger partial charge is 0.373 e. The first-order valence-corrected chi connectivity index (χ1v) is 11.7. The zero-order valence-electron chi connectivity index (χ0n) is 17.2. The van der Waals surface area contributed by atoms with Crippen LogP contribution in [0.1, 0.15) is 57.3 Å². The van der Waals surface area contributed by atoms with Crippen LogP contribution in [0, 0.1) is 11.8 Å².